The van der Waals surface area contributed by atoms with E-state index in [1.54, 1.807) is 24.3 Å². The standard InChI is InChI=1S/C15H14BrN3O2/c16-12-5-7-13(8-6-12)19-14(20)11-3-1-10(2-4-11)9-18-15(17)21/h1-8H,9H2,(H,19,20)(H3,17,18,21). The van der Waals surface area contributed by atoms with Crippen molar-refractivity contribution in [3.05, 3.63) is 64.1 Å². The second-order valence-electron chi connectivity index (χ2n) is 4.38. The van der Waals surface area contributed by atoms with Gasteiger partial charge < -0.3 is 16.4 Å². The van der Waals surface area contributed by atoms with Crippen molar-refractivity contribution in [2.75, 3.05) is 5.32 Å². The Hall–Kier alpha value is -2.34. The summed E-state index contributed by atoms with van der Waals surface area (Å²) in [5.41, 5.74) is 7.13. The lowest BCUT2D eigenvalue weighted by molar-refractivity contribution is 0.102. The first kappa shape index (κ1) is 15.1. The highest BCUT2D eigenvalue weighted by molar-refractivity contribution is 9.10. The number of hydrogen-bond acceptors (Lipinski definition) is 2. The first-order chi connectivity index (χ1) is 10.0. The van der Waals surface area contributed by atoms with E-state index in [0.29, 0.717) is 12.1 Å². The van der Waals surface area contributed by atoms with Crippen molar-refractivity contribution in [2.45, 2.75) is 6.54 Å². The average Bonchev–Trinajstić information content (AvgIpc) is 2.48. The Kier molecular flexibility index (Phi) is 4.94. The van der Waals surface area contributed by atoms with Crippen LogP contribution in [0.2, 0.25) is 0 Å². The number of carbonyl (C=O) groups excluding carboxylic acids is 2. The Morgan fingerprint density at radius 1 is 1.00 bits per heavy atom. The van der Waals surface area contributed by atoms with Gasteiger partial charge in [0, 0.05) is 22.3 Å². The minimum absolute atomic E-state index is 0.188. The maximum Gasteiger partial charge on any atom is 0.312 e. The van der Waals surface area contributed by atoms with Crippen molar-refractivity contribution in [1.29, 1.82) is 0 Å². The molecule has 108 valence electrons. The zero-order chi connectivity index (χ0) is 15.2. The summed E-state index contributed by atoms with van der Waals surface area (Å²) in [4.78, 5) is 22.7. The van der Waals surface area contributed by atoms with E-state index < -0.39 is 6.03 Å². The van der Waals surface area contributed by atoms with E-state index in [0.717, 1.165) is 15.7 Å². The Balaban J connectivity index is 1.99. The van der Waals surface area contributed by atoms with Crippen LogP contribution in [0.5, 0.6) is 0 Å². The molecule has 0 saturated carbocycles. The Bertz CT molecular complexity index is 639. The molecule has 0 aromatic heterocycles. The van der Waals surface area contributed by atoms with Gasteiger partial charge in [-0.1, -0.05) is 28.1 Å². The molecule has 0 fully saturated rings. The molecule has 0 spiro atoms. The molecular weight excluding hydrogens is 334 g/mol. The second-order valence-corrected chi connectivity index (χ2v) is 5.29. The van der Waals surface area contributed by atoms with Gasteiger partial charge >= 0.3 is 6.03 Å². The number of rotatable bonds is 4. The highest BCUT2D eigenvalue weighted by Crippen LogP contribution is 2.15. The summed E-state index contributed by atoms with van der Waals surface area (Å²) in [6, 6.07) is 13.7. The SMILES string of the molecule is NC(=O)NCc1ccc(C(=O)Nc2ccc(Br)cc2)cc1. The number of primary amides is 1. The minimum Gasteiger partial charge on any atom is -0.352 e. The van der Waals surface area contributed by atoms with Gasteiger partial charge in [-0.05, 0) is 42.0 Å². The van der Waals surface area contributed by atoms with Crippen molar-refractivity contribution < 1.29 is 9.59 Å². The van der Waals surface area contributed by atoms with Crippen LogP contribution in [-0.4, -0.2) is 11.9 Å². The molecule has 0 aliphatic rings. The quantitative estimate of drug-likeness (QED) is 0.794. The summed E-state index contributed by atoms with van der Waals surface area (Å²) in [5, 5.41) is 5.30. The van der Waals surface area contributed by atoms with Crippen molar-refractivity contribution in [1.82, 2.24) is 5.32 Å². The zero-order valence-electron chi connectivity index (χ0n) is 11.1. The lowest BCUT2D eigenvalue weighted by atomic mass is 10.1. The molecular formula is C15H14BrN3O2. The van der Waals surface area contributed by atoms with Crippen LogP contribution in [0, 0.1) is 0 Å². The lowest BCUT2D eigenvalue weighted by Crippen LogP contribution is -2.28. The number of nitrogens with two attached hydrogens (primary N) is 1. The van der Waals surface area contributed by atoms with Crippen molar-refractivity contribution in [2.24, 2.45) is 5.73 Å². The summed E-state index contributed by atoms with van der Waals surface area (Å²) < 4.78 is 0.951. The number of amides is 3. The predicted molar refractivity (Wildman–Crippen MR) is 85.0 cm³/mol. The molecule has 0 aliphatic carbocycles. The van der Waals surface area contributed by atoms with Crippen LogP contribution in [0.25, 0.3) is 0 Å². The Morgan fingerprint density at radius 2 is 1.62 bits per heavy atom. The van der Waals surface area contributed by atoms with Crippen LogP contribution in [0.15, 0.2) is 53.0 Å². The topological polar surface area (TPSA) is 84.2 Å². The maximum atomic E-state index is 12.1. The van der Waals surface area contributed by atoms with E-state index in [-0.39, 0.29) is 5.91 Å². The molecule has 0 heterocycles. The summed E-state index contributed by atoms with van der Waals surface area (Å²) >= 11 is 3.34. The molecule has 0 bridgehead atoms. The van der Waals surface area contributed by atoms with Gasteiger partial charge in [0.1, 0.15) is 0 Å². The molecule has 2 aromatic carbocycles. The lowest BCUT2D eigenvalue weighted by Gasteiger charge is -2.07. The first-order valence-corrected chi connectivity index (χ1v) is 7.03. The molecule has 21 heavy (non-hydrogen) atoms. The maximum absolute atomic E-state index is 12.1. The van der Waals surface area contributed by atoms with Gasteiger partial charge in [0.25, 0.3) is 5.91 Å². The summed E-state index contributed by atoms with van der Waals surface area (Å²) in [5.74, 6) is -0.188. The number of nitrogens with one attached hydrogen (secondary N) is 2. The highest BCUT2D eigenvalue weighted by atomic mass is 79.9. The number of halogens is 1. The first-order valence-electron chi connectivity index (χ1n) is 6.24. The number of benzene rings is 2. The molecule has 0 aliphatic heterocycles. The van der Waals surface area contributed by atoms with Gasteiger partial charge in [-0.2, -0.15) is 0 Å². The molecule has 6 heteroatoms. The van der Waals surface area contributed by atoms with Crippen molar-refractivity contribution >= 4 is 33.6 Å². The molecule has 0 unspecified atom stereocenters. The average molecular weight is 348 g/mol. The smallest absolute Gasteiger partial charge is 0.312 e. The second kappa shape index (κ2) is 6.90. The van der Waals surface area contributed by atoms with Gasteiger partial charge in [0.2, 0.25) is 0 Å². The van der Waals surface area contributed by atoms with Gasteiger partial charge in [0.15, 0.2) is 0 Å². The van der Waals surface area contributed by atoms with Gasteiger partial charge in [-0.3, -0.25) is 4.79 Å². The Morgan fingerprint density at radius 3 is 2.19 bits per heavy atom. The third-order valence-electron chi connectivity index (χ3n) is 2.78. The molecule has 5 nitrogen and oxygen atoms in total. The zero-order valence-corrected chi connectivity index (χ0v) is 12.7. The molecule has 4 N–H and O–H groups in total. The molecule has 3 amide bonds. The fraction of sp³-hybridized carbons (Fsp3) is 0.0667. The van der Waals surface area contributed by atoms with Gasteiger partial charge in [-0.25, -0.2) is 4.79 Å². The number of carbonyl (C=O) groups is 2. The predicted octanol–water partition coefficient (Wildman–Crippen LogP) is 2.87. The van der Waals surface area contributed by atoms with Crippen molar-refractivity contribution in [3.8, 4) is 0 Å². The Labute approximate surface area is 130 Å². The van der Waals surface area contributed by atoms with Crippen LogP contribution in [-0.2, 0) is 6.54 Å². The fourth-order valence-corrected chi connectivity index (χ4v) is 1.96. The van der Waals surface area contributed by atoms with Crippen LogP contribution in [0.4, 0.5) is 10.5 Å². The molecule has 0 radical (unpaired) electrons. The van der Waals surface area contributed by atoms with Crippen molar-refractivity contribution in [3.63, 3.8) is 0 Å². The van der Waals surface area contributed by atoms with Crippen LogP contribution in [0.3, 0.4) is 0 Å². The normalized spacial score (nSPS) is 9.95. The monoisotopic (exact) mass is 347 g/mol. The largest absolute Gasteiger partial charge is 0.352 e. The minimum atomic E-state index is -0.577. The van der Waals surface area contributed by atoms with E-state index in [2.05, 4.69) is 26.6 Å². The highest BCUT2D eigenvalue weighted by Gasteiger charge is 2.06. The van der Waals surface area contributed by atoms with Crippen LogP contribution < -0.4 is 16.4 Å². The molecule has 2 rings (SSSR count). The van der Waals surface area contributed by atoms with Gasteiger partial charge in [-0.15, -0.1) is 0 Å². The van der Waals surface area contributed by atoms with E-state index in [4.69, 9.17) is 5.73 Å². The summed E-state index contributed by atoms with van der Waals surface area (Å²) in [6.45, 7) is 0.337. The number of anilines is 1. The van der Waals surface area contributed by atoms with Crippen LogP contribution >= 0.6 is 15.9 Å². The summed E-state index contributed by atoms with van der Waals surface area (Å²) in [7, 11) is 0. The van der Waals surface area contributed by atoms with E-state index in [1.165, 1.54) is 0 Å². The molecule has 0 atom stereocenters. The summed E-state index contributed by atoms with van der Waals surface area (Å²) in [6.07, 6.45) is 0. The molecule has 2 aromatic rings. The molecule has 0 saturated heterocycles. The third kappa shape index (κ3) is 4.61. The third-order valence-corrected chi connectivity index (χ3v) is 3.31. The number of hydrogen-bond donors (Lipinski definition) is 3. The van der Waals surface area contributed by atoms with E-state index >= 15 is 0 Å². The fourth-order valence-electron chi connectivity index (χ4n) is 1.70. The van der Waals surface area contributed by atoms with Crippen LogP contribution in [0.1, 0.15) is 15.9 Å². The van der Waals surface area contributed by atoms with E-state index in [1.807, 2.05) is 24.3 Å². The van der Waals surface area contributed by atoms with E-state index in [9.17, 15) is 9.59 Å². The van der Waals surface area contributed by atoms with Gasteiger partial charge in [0.05, 0.1) is 0 Å². The number of urea groups is 1.